The number of pyridine rings is 1. The standard InChI is InChI=1S/C16H22BNO5/c1-15(2)16(3,4)23-17(22-15)10-8-11-6-7-12(14(20)21-5)18(11)13(19)9-10/h8-9,12H,6-7H2,1-5H3. The monoisotopic (exact) mass is 319 g/mol. The number of esters is 1. The number of hydrogen-bond donors (Lipinski definition) is 0. The number of fused-ring (bicyclic) bond motifs is 1. The van der Waals surface area contributed by atoms with E-state index in [1.54, 1.807) is 0 Å². The zero-order valence-electron chi connectivity index (χ0n) is 14.2. The van der Waals surface area contributed by atoms with E-state index in [-0.39, 0.29) is 11.5 Å². The Labute approximate surface area is 135 Å². The zero-order chi connectivity index (χ0) is 17.0. The van der Waals surface area contributed by atoms with E-state index >= 15 is 0 Å². The lowest BCUT2D eigenvalue weighted by Gasteiger charge is -2.32. The highest BCUT2D eigenvalue weighted by Gasteiger charge is 2.52. The molecule has 7 heteroatoms. The number of ether oxygens (including phenoxy) is 1. The van der Waals surface area contributed by atoms with Crippen LogP contribution in [0.2, 0.25) is 0 Å². The maximum atomic E-state index is 12.5. The SMILES string of the molecule is COC(=O)C1CCc2cc(B3OC(C)(C)C(C)(C)O3)cc(=O)n21. The summed E-state index contributed by atoms with van der Waals surface area (Å²) in [5.74, 6) is -0.380. The fourth-order valence-electron chi connectivity index (χ4n) is 3.09. The zero-order valence-corrected chi connectivity index (χ0v) is 14.2. The Morgan fingerprint density at radius 3 is 2.43 bits per heavy atom. The van der Waals surface area contributed by atoms with Crippen LogP contribution in [-0.4, -0.2) is 36.0 Å². The summed E-state index contributed by atoms with van der Waals surface area (Å²) in [6.45, 7) is 7.89. The molecule has 1 aromatic heterocycles. The number of hydrogen-bond acceptors (Lipinski definition) is 5. The number of aromatic nitrogens is 1. The first-order valence-corrected chi connectivity index (χ1v) is 7.85. The van der Waals surface area contributed by atoms with Crippen LogP contribution in [0.4, 0.5) is 0 Å². The predicted molar refractivity (Wildman–Crippen MR) is 85.8 cm³/mol. The smallest absolute Gasteiger partial charge is 0.467 e. The summed E-state index contributed by atoms with van der Waals surface area (Å²) in [5, 5.41) is 0. The van der Waals surface area contributed by atoms with Crippen molar-refractivity contribution in [2.45, 2.75) is 57.8 Å². The van der Waals surface area contributed by atoms with E-state index in [9.17, 15) is 9.59 Å². The predicted octanol–water partition coefficient (Wildman–Crippen LogP) is 0.808. The van der Waals surface area contributed by atoms with Crippen molar-refractivity contribution in [1.29, 1.82) is 0 Å². The molecule has 0 bridgehead atoms. The van der Waals surface area contributed by atoms with Gasteiger partial charge in [-0.05, 0) is 52.1 Å². The van der Waals surface area contributed by atoms with Crippen molar-refractivity contribution in [2.75, 3.05) is 7.11 Å². The molecule has 3 rings (SSSR count). The molecule has 0 aromatic carbocycles. The van der Waals surface area contributed by atoms with E-state index in [1.807, 2.05) is 33.8 Å². The summed E-state index contributed by atoms with van der Waals surface area (Å²) in [5.41, 5.74) is 0.381. The fraction of sp³-hybridized carbons (Fsp3) is 0.625. The van der Waals surface area contributed by atoms with E-state index in [1.165, 1.54) is 17.7 Å². The molecule has 3 heterocycles. The topological polar surface area (TPSA) is 66.8 Å². The van der Waals surface area contributed by atoms with Crippen LogP contribution in [0.1, 0.15) is 45.9 Å². The van der Waals surface area contributed by atoms with Crippen molar-refractivity contribution in [1.82, 2.24) is 4.57 Å². The third-order valence-electron chi connectivity index (χ3n) is 5.15. The van der Waals surface area contributed by atoms with Crippen molar-refractivity contribution in [2.24, 2.45) is 0 Å². The summed E-state index contributed by atoms with van der Waals surface area (Å²) in [6, 6.07) is 2.86. The Kier molecular flexibility index (Phi) is 3.68. The lowest BCUT2D eigenvalue weighted by atomic mass is 9.79. The molecule has 2 aliphatic rings. The average Bonchev–Trinajstić information content (AvgIpc) is 2.97. The molecular weight excluding hydrogens is 297 g/mol. The minimum atomic E-state index is -0.573. The van der Waals surface area contributed by atoms with E-state index in [0.717, 1.165) is 5.69 Å². The van der Waals surface area contributed by atoms with Crippen molar-refractivity contribution in [3.8, 4) is 0 Å². The number of rotatable bonds is 2. The second-order valence-electron chi connectivity index (χ2n) is 7.15. The van der Waals surface area contributed by atoms with Gasteiger partial charge in [0, 0.05) is 11.8 Å². The van der Waals surface area contributed by atoms with Crippen LogP contribution >= 0.6 is 0 Å². The molecule has 0 radical (unpaired) electrons. The van der Waals surface area contributed by atoms with Gasteiger partial charge in [0.2, 0.25) is 0 Å². The van der Waals surface area contributed by atoms with Crippen molar-refractivity contribution >= 4 is 18.6 Å². The van der Waals surface area contributed by atoms with Crippen molar-refractivity contribution in [3.63, 3.8) is 0 Å². The van der Waals surface area contributed by atoms with Crippen LogP contribution in [0.3, 0.4) is 0 Å². The highest BCUT2D eigenvalue weighted by atomic mass is 16.7. The number of carbonyl (C=O) groups excluding carboxylic acids is 1. The first kappa shape index (κ1) is 16.3. The van der Waals surface area contributed by atoms with Crippen LogP contribution in [-0.2, 0) is 25.3 Å². The summed E-state index contributed by atoms with van der Waals surface area (Å²) < 4.78 is 18.3. The molecule has 1 unspecified atom stereocenters. The quantitative estimate of drug-likeness (QED) is 0.596. The summed E-state index contributed by atoms with van der Waals surface area (Å²) in [6.07, 6.45) is 1.23. The van der Waals surface area contributed by atoms with Crippen LogP contribution in [0, 0.1) is 0 Å². The number of nitrogens with zero attached hydrogens (tertiary/aromatic N) is 1. The molecule has 0 spiro atoms. The molecule has 0 N–H and O–H groups in total. The largest absolute Gasteiger partial charge is 0.495 e. The Bertz CT molecular complexity index is 693. The minimum absolute atomic E-state index is 0.222. The highest BCUT2D eigenvalue weighted by molar-refractivity contribution is 6.62. The van der Waals surface area contributed by atoms with Crippen LogP contribution in [0.25, 0.3) is 0 Å². The van der Waals surface area contributed by atoms with Gasteiger partial charge in [0.15, 0.2) is 0 Å². The third-order valence-corrected chi connectivity index (χ3v) is 5.15. The highest BCUT2D eigenvalue weighted by Crippen LogP contribution is 2.36. The van der Waals surface area contributed by atoms with Crippen LogP contribution < -0.4 is 11.0 Å². The van der Waals surface area contributed by atoms with Gasteiger partial charge < -0.3 is 14.0 Å². The van der Waals surface area contributed by atoms with Crippen molar-refractivity contribution in [3.05, 3.63) is 28.2 Å². The molecule has 2 aliphatic heterocycles. The van der Waals surface area contributed by atoms with Gasteiger partial charge in [-0.25, -0.2) is 4.79 Å². The average molecular weight is 319 g/mol. The van der Waals surface area contributed by atoms with Gasteiger partial charge in [-0.2, -0.15) is 0 Å². The maximum Gasteiger partial charge on any atom is 0.495 e. The first-order chi connectivity index (χ1) is 10.7. The van der Waals surface area contributed by atoms with E-state index in [4.69, 9.17) is 14.0 Å². The summed E-state index contributed by atoms with van der Waals surface area (Å²) in [7, 11) is 0.764. The molecule has 0 saturated carbocycles. The Hall–Kier alpha value is -1.60. The van der Waals surface area contributed by atoms with Gasteiger partial charge in [0.05, 0.1) is 18.3 Å². The number of aryl methyl sites for hydroxylation is 1. The van der Waals surface area contributed by atoms with Gasteiger partial charge in [-0.1, -0.05) is 0 Å². The van der Waals surface area contributed by atoms with Gasteiger partial charge in [-0.3, -0.25) is 9.36 Å². The molecule has 0 aliphatic carbocycles. The van der Waals surface area contributed by atoms with E-state index < -0.39 is 24.4 Å². The molecule has 124 valence electrons. The normalized spacial score (nSPS) is 24.6. The second kappa shape index (κ2) is 5.21. The van der Waals surface area contributed by atoms with Crippen LogP contribution in [0.15, 0.2) is 16.9 Å². The fourth-order valence-corrected chi connectivity index (χ4v) is 3.09. The Morgan fingerprint density at radius 1 is 1.26 bits per heavy atom. The Morgan fingerprint density at radius 2 is 1.87 bits per heavy atom. The second-order valence-corrected chi connectivity index (χ2v) is 7.15. The lowest BCUT2D eigenvalue weighted by molar-refractivity contribution is -0.144. The lowest BCUT2D eigenvalue weighted by Crippen LogP contribution is -2.41. The molecule has 23 heavy (non-hydrogen) atoms. The first-order valence-electron chi connectivity index (χ1n) is 7.85. The van der Waals surface area contributed by atoms with E-state index in [0.29, 0.717) is 18.3 Å². The molecule has 1 aromatic rings. The molecule has 6 nitrogen and oxygen atoms in total. The molecule has 1 fully saturated rings. The van der Waals surface area contributed by atoms with Gasteiger partial charge in [0.25, 0.3) is 5.56 Å². The molecule has 0 amide bonds. The molecule has 1 atom stereocenters. The van der Waals surface area contributed by atoms with Crippen LogP contribution in [0.5, 0.6) is 0 Å². The van der Waals surface area contributed by atoms with Crippen molar-refractivity contribution < 1.29 is 18.8 Å². The Balaban J connectivity index is 1.96. The van der Waals surface area contributed by atoms with Gasteiger partial charge >= 0.3 is 13.1 Å². The minimum Gasteiger partial charge on any atom is -0.467 e. The maximum absolute atomic E-state index is 12.5. The number of carbonyl (C=O) groups is 1. The molecular formula is C16H22BNO5. The van der Waals surface area contributed by atoms with Gasteiger partial charge in [-0.15, -0.1) is 0 Å². The third kappa shape index (κ3) is 2.52. The summed E-state index contributed by atoms with van der Waals surface area (Å²) in [4.78, 5) is 24.3. The summed E-state index contributed by atoms with van der Waals surface area (Å²) >= 11 is 0. The molecule has 1 saturated heterocycles. The van der Waals surface area contributed by atoms with E-state index in [2.05, 4.69) is 0 Å². The number of methoxy groups -OCH3 is 1. The van der Waals surface area contributed by atoms with Gasteiger partial charge in [0.1, 0.15) is 6.04 Å².